The molecule has 0 unspecified atom stereocenters. The van der Waals surface area contributed by atoms with Gasteiger partial charge in [-0.15, -0.1) is 0 Å². The summed E-state index contributed by atoms with van der Waals surface area (Å²) in [5.74, 6) is 0. The van der Waals surface area contributed by atoms with Crippen LogP contribution in [-0.2, 0) is 20.1 Å². The van der Waals surface area contributed by atoms with Crippen LogP contribution in [-0.4, -0.2) is 20.9 Å². The van der Waals surface area contributed by atoms with E-state index < -0.39 is 0 Å². The Morgan fingerprint density at radius 3 is 2.81 bits per heavy atom. The highest BCUT2D eigenvalue weighted by molar-refractivity contribution is 5.81. The second-order valence-electron chi connectivity index (χ2n) is 5.49. The van der Waals surface area contributed by atoms with Crippen molar-refractivity contribution in [1.29, 1.82) is 0 Å². The molecule has 2 heterocycles. The van der Waals surface area contributed by atoms with Crippen LogP contribution in [0.5, 0.6) is 0 Å². The first-order valence-electron chi connectivity index (χ1n) is 7.53. The topological polar surface area (TPSA) is 34.8 Å². The number of aryl methyl sites for hydroxylation is 1. The minimum absolute atomic E-state index is 0.817. The Morgan fingerprint density at radius 2 is 2.05 bits per heavy atom. The van der Waals surface area contributed by atoms with Gasteiger partial charge < -0.3 is 9.88 Å². The van der Waals surface area contributed by atoms with Crippen LogP contribution in [0.2, 0.25) is 0 Å². The molecule has 0 saturated carbocycles. The van der Waals surface area contributed by atoms with Gasteiger partial charge in [0.1, 0.15) is 0 Å². The molecule has 0 radical (unpaired) electrons. The molecule has 0 aliphatic rings. The lowest BCUT2D eigenvalue weighted by Crippen LogP contribution is -2.13. The summed E-state index contributed by atoms with van der Waals surface area (Å²) in [5.41, 5.74) is 3.69. The van der Waals surface area contributed by atoms with Gasteiger partial charge in [-0.3, -0.25) is 4.68 Å². The van der Waals surface area contributed by atoms with Crippen molar-refractivity contribution in [3.8, 4) is 0 Å². The first-order chi connectivity index (χ1) is 10.3. The van der Waals surface area contributed by atoms with Crippen molar-refractivity contribution < 1.29 is 0 Å². The number of nitrogens with one attached hydrogen (secondary N) is 1. The molecule has 110 valence electrons. The SMILES string of the molecule is CCCNCc1ccc2c(ccn2Cc2ccn(C)n2)c1. The molecule has 2 aromatic heterocycles. The van der Waals surface area contributed by atoms with Crippen molar-refractivity contribution in [2.75, 3.05) is 6.54 Å². The van der Waals surface area contributed by atoms with Crippen LogP contribution in [0.3, 0.4) is 0 Å². The van der Waals surface area contributed by atoms with E-state index in [2.05, 4.69) is 58.4 Å². The Kier molecular flexibility index (Phi) is 4.06. The van der Waals surface area contributed by atoms with E-state index in [1.165, 1.54) is 22.9 Å². The van der Waals surface area contributed by atoms with Crippen LogP contribution >= 0.6 is 0 Å². The minimum atomic E-state index is 0.817. The van der Waals surface area contributed by atoms with Crippen LogP contribution < -0.4 is 5.32 Å². The van der Waals surface area contributed by atoms with Gasteiger partial charge >= 0.3 is 0 Å². The summed E-state index contributed by atoms with van der Waals surface area (Å²) in [6.45, 7) is 5.01. The zero-order chi connectivity index (χ0) is 14.7. The molecule has 0 aliphatic carbocycles. The zero-order valence-electron chi connectivity index (χ0n) is 12.7. The highest BCUT2D eigenvalue weighted by atomic mass is 15.3. The predicted octanol–water partition coefficient (Wildman–Crippen LogP) is 2.92. The van der Waals surface area contributed by atoms with E-state index in [-0.39, 0.29) is 0 Å². The summed E-state index contributed by atoms with van der Waals surface area (Å²) in [5, 5.41) is 9.18. The number of hydrogen-bond donors (Lipinski definition) is 1. The summed E-state index contributed by atoms with van der Waals surface area (Å²) in [6, 6.07) is 10.9. The van der Waals surface area contributed by atoms with E-state index >= 15 is 0 Å². The van der Waals surface area contributed by atoms with Crippen molar-refractivity contribution >= 4 is 10.9 Å². The molecule has 1 N–H and O–H groups in total. The van der Waals surface area contributed by atoms with Crippen LogP contribution in [0.1, 0.15) is 24.6 Å². The fourth-order valence-corrected chi connectivity index (χ4v) is 2.63. The van der Waals surface area contributed by atoms with Gasteiger partial charge in [-0.25, -0.2) is 0 Å². The van der Waals surface area contributed by atoms with Gasteiger partial charge in [0, 0.05) is 31.5 Å². The van der Waals surface area contributed by atoms with Crippen molar-refractivity contribution in [2.45, 2.75) is 26.4 Å². The van der Waals surface area contributed by atoms with Gasteiger partial charge in [0.15, 0.2) is 0 Å². The predicted molar refractivity (Wildman–Crippen MR) is 86.2 cm³/mol. The van der Waals surface area contributed by atoms with Crippen molar-refractivity contribution in [3.05, 3.63) is 54.0 Å². The summed E-state index contributed by atoms with van der Waals surface area (Å²) < 4.78 is 4.10. The quantitative estimate of drug-likeness (QED) is 0.705. The lowest BCUT2D eigenvalue weighted by molar-refractivity contribution is 0.676. The van der Waals surface area contributed by atoms with E-state index in [1.807, 2.05) is 17.9 Å². The molecule has 0 spiro atoms. The van der Waals surface area contributed by atoms with Crippen LogP contribution in [0.4, 0.5) is 0 Å². The third-order valence-electron chi connectivity index (χ3n) is 3.69. The Morgan fingerprint density at radius 1 is 1.14 bits per heavy atom. The van der Waals surface area contributed by atoms with Gasteiger partial charge in [-0.2, -0.15) is 5.10 Å². The summed E-state index contributed by atoms with van der Waals surface area (Å²) in [4.78, 5) is 0. The molecule has 0 fully saturated rings. The summed E-state index contributed by atoms with van der Waals surface area (Å²) >= 11 is 0. The van der Waals surface area contributed by atoms with Gasteiger partial charge in [0.05, 0.1) is 12.2 Å². The Bertz CT molecular complexity index is 723. The third kappa shape index (κ3) is 3.16. The summed E-state index contributed by atoms with van der Waals surface area (Å²) in [7, 11) is 1.95. The fraction of sp³-hybridized carbons (Fsp3) is 0.353. The Labute approximate surface area is 125 Å². The van der Waals surface area contributed by atoms with E-state index in [9.17, 15) is 0 Å². The number of nitrogens with zero attached hydrogens (tertiary/aromatic N) is 3. The minimum Gasteiger partial charge on any atom is -0.341 e. The smallest absolute Gasteiger partial charge is 0.0821 e. The summed E-state index contributed by atoms with van der Waals surface area (Å²) in [6.07, 6.45) is 5.30. The molecule has 3 rings (SSSR count). The first-order valence-corrected chi connectivity index (χ1v) is 7.53. The van der Waals surface area contributed by atoms with Gasteiger partial charge in [0.2, 0.25) is 0 Å². The molecular formula is C17H22N4. The molecule has 0 aliphatic heterocycles. The molecule has 0 atom stereocenters. The molecule has 4 heteroatoms. The Balaban J connectivity index is 1.79. The highest BCUT2D eigenvalue weighted by Gasteiger charge is 2.04. The number of aromatic nitrogens is 3. The molecule has 0 amide bonds. The van der Waals surface area contributed by atoms with Crippen molar-refractivity contribution in [2.24, 2.45) is 7.05 Å². The second-order valence-corrected chi connectivity index (χ2v) is 5.49. The van der Waals surface area contributed by atoms with Crippen molar-refractivity contribution in [1.82, 2.24) is 19.7 Å². The number of hydrogen-bond acceptors (Lipinski definition) is 2. The van der Waals surface area contributed by atoms with Gasteiger partial charge in [-0.1, -0.05) is 13.0 Å². The van der Waals surface area contributed by atoms with E-state index in [1.54, 1.807) is 0 Å². The van der Waals surface area contributed by atoms with Crippen LogP contribution in [0.25, 0.3) is 10.9 Å². The maximum absolute atomic E-state index is 4.45. The van der Waals surface area contributed by atoms with E-state index in [0.29, 0.717) is 0 Å². The Hall–Kier alpha value is -2.07. The molecule has 4 nitrogen and oxygen atoms in total. The third-order valence-corrected chi connectivity index (χ3v) is 3.69. The lowest BCUT2D eigenvalue weighted by atomic mass is 10.1. The van der Waals surface area contributed by atoms with Gasteiger partial charge in [0.25, 0.3) is 0 Å². The maximum atomic E-state index is 4.45. The number of benzene rings is 1. The normalized spacial score (nSPS) is 11.3. The average molecular weight is 282 g/mol. The standard InChI is InChI=1S/C17H22N4/c1-3-8-18-12-14-4-5-17-15(11-14)6-10-21(17)13-16-7-9-20(2)19-16/h4-7,9-11,18H,3,8,12-13H2,1-2H3. The van der Waals surface area contributed by atoms with Crippen molar-refractivity contribution in [3.63, 3.8) is 0 Å². The highest BCUT2D eigenvalue weighted by Crippen LogP contribution is 2.18. The second kappa shape index (κ2) is 6.14. The monoisotopic (exact) mass is 282 g/mol. The molecule has 0 bridgehead atoms. The molecule has 21 heavy (non-hydrogen) atoms. The number of rotatable bonds is 6. The molecular weight excluding hydrogens is 260 g/mol. The largest absolute Gasteiger partial charge is 0.341 e. The number of fused-ring (bicyclic) bond motifs is 1. The van der Waals surface area contributed by atoms with E-state index in [0.717, 1.165) is 25.3 Å². The molecule has 1 aromatic carbocycles. The van der Waals surface area contributed by atoms with Gasteiger partial charge in [-0.05, 0) is 48.2 Å². The molecule has 3 aromatic rings. The van der Waals surface area contributed by atoms with E-state index in [4.69, 9.17) is 0 Å². The zero-order valence-corrected chi connectivity index (χ0v) is 12.7. The fourth-order valence-electron chi connectivity index (χ4n) is 2.63. The van der Waals surface area contributed by atoms with Crippen LogP contribution in [0, 0.1) is 0 Å². The average Bonchev–Trinajstić information content (AvgIpc) is 3.06. The lowest BCUT2D eigenvalue weighted by Gasteiger charge is -2.06. The molecule has 0 saturated heterocycles. The maximum Gasteiger partial charge on any atom is 0.0821 e. The first kappa shape index (κ1) is 13.9. The van der Waals surface area contributed by atoms with Crippen LogP contribution in [0.15, 0.2) is 42.7 Å².